The molecule has 0 aliphatic carbocycles. The van der Waals surface area contributed by atoms with E-state index in [0.29, 0.717) is 19.7 Å². The van der Waals surface area contributed by atoms with Gasteiger partial charge in [0.1, 0.15) is 5.75 Å². The minimum atomic E-state index is -3.68. The van der Waals surface area contributed by atoms with Gasteiger partial charge >= 0.3 is 0 Å². The van der Waals surface area contributed by atoms with E-state index in [1.165, 1.54) is 22.5 Å². The van der Waals surface area contributed by atoms with Gasteiger partial charge in [-0.15, -0.1) is 0 Å². The van der Waals surface area contributed by atoms with Crippen molar-refractivity contribution < 1.29 is 17.9 Å². The van der Waals surface area contributed by atoms with E-state index in [1.807, 2.05) is 38.1 Å². The van der Waals surface area contributed by atoms with Gasteiger partial charge in [0.15, 0.2) is 0 Å². The van der Waals surface area contributed by atoms with Crippen LogP contribution in [0.5, 0.6) is 5.75 Å². The van der Waals surface area contributed by atoms with E-state index in [1.54, 1.807) is 13.8 Å². The molecule has 158 valence electrons. The Kier molecular flexibility index (Phi) is 8.07. The highest BCUT2D eigenvalue weighted by Gasteiger charge is 2.24. The molecule has 0 fully saturated rings. The van der Waals surface area contributed by atoms with E-state index < -0.39 is 15.9 Å². The number of amides is 1. The van der Waals surface area contributed by atoms with Crippen LogP contribution < -0.4 is 10.1 Å². The molecule has 1 N–H and O–H groups in total. The first-order valence-electron chi connectivity index (χ1n) is 9.57. The Balaban J connectivity index is 2.24. The molecule has 0 aliphatic heterocycles. The standard InChI is InChI=1S/C21H27ClN2O4S/c1-5-24(6-2)29(26,27)18-12-13-20(22)19(14-18)21(25)23-15(4)16-8-10-17(11-9-16)28-7-3/h8-15H,5-7H2,1-4H3,(H,23,25). The highest BCUT2D eigenvalue weighted by molar-refractivity contribution is 7.89. The minimum Gasteiger partial charge on any atom is -0.494 e. The number of carbonyl (C=O) groups excluding carboxylic acids is 1. The lowest BCUT2D eigenvalue weighted by atomic mass is 10.1. The Morgan fingerprint density at radius 2 is 1.72 bits per heavy atom. The molecule has 1 amide bonds. The highest BCUT2D eigenvalue weighted by atomic mass is 35.5. The SMILES string of the molecule is CCOc1ccc(C(C)NC(=O)c2cc(S(=O)(=O)N(CC)CC)ccc2Cl)cc1. The molecule has 8 heteroatoms. The summed E-state index contributed by atoms with van der Waals surface area (Å²) in [4.78, 5) is 12.8. The van der Waals surface area contributed by atoms with Crippen LogP contribution in [0.2, 0.25) is 5.02 Å². The number of ether oxygens (including phenoxy) is 1. The van der Waals surface area contributed by atoms with Gasteiger partial charge in [-0.2, -0.15) is 4.31 Å². The van der Waals surface area contributed by atoms with E-state index in [-0.39, 0.29) is 21.5 Å². The smallest absolute Gasteiger partial charge is 0.253 e. The van der Waals surface area contributed by atoms with Crippen LogP contribution in [0.25, 0.3) is 0 Å². The molecular formula is C21H27ClN2O4S. The summed E-state index contributed by atoms with van der Waals surface area (Å²) in [6.07, 6.45) is 0. The van der Waals surface area contributed by atoms with Crippen LogP contribution in [0.1, 0.15) is 49.7 Å². The molecule has 0 bridgehead atoms. The van der Waals surface area contributed by atoms with Gasteiger partial charge in [-0.05, 0) is 49.7 Å². The lowest BCUT2D eigenvalue weighted by Crippen LogP contribution is -2.31. The average Bonchev–Trinajstić information content (AvgIpc) is 2.69. The zero-order valence-corrected chi connectivity index (χ0v) is 18.7. The Hall–Kier alpha value is -2.09. The van der Waals surface area contributed by atoms with Crippen molar-refractivity contribution in [2.45, 2.75) is 38.6 Å². The van der Waals surface area contributed by atoms with Crippen LogP contribution in [-0.2, 0) is 10.0 Å². The molecule has 6 nitrogen and oxygen atoms in total. The van der Waals surface area contributed by atoms with Crippen molar-refractivity contribution in [2.24, 2.45) is 0 Å². The third-order valence-corrected chi connectivity index (χ3v) is 6.94. The zero-order chi connectivity index (χ0) is 21.6. The van der Waals surface area contributed by atoms with Gasteiger partial charge in [0, 0.05) is 13.1 Å². The maximum absolute atomic E-state index is 12.8. The fourth-order valence-corrected chi connectivity index (χ4v) is 4.62. The van der Waals surface area contributed by atoms with Crippen molar-refractivity contribution in [2.75, 3.05) is 19.7 Å². The van der Waals surface area contributed by atoms with Crippen molar-refractivity contribution in [3.63, 3.8) is 0 Å². The van der Waals surface area contributed by atoms with E-state index in [9.17, 15) is 13.2 Å². The molecule has 2 aromatic rings. The summed E-state index contributed by atoms with van der Waals surface area (Å²) < 4.78 is 32.3. The first-order valence-corrected chi connectivity index (χ1v) is 11.4. The molecule has 2 aromatic carbocycles. The predicted molar refractivity (Wildman–Crippen MR) is 115 cm³/mol. The second kappa shape index (κ2) is 10.1. The Bertz CT molecular complexity index is 942. The molecule has 29 heavy (non-hydrogen) atoms. The monoisotopic (exact) mass is 438 g/mol. The zero-order valence-electron chi connectivity index (χ0n) is 17.1. The first-order chi connectivity index (χ1) is 13.7. The third kappa shape index (κ3) is 5.50. The molecule has 0 radical (unpaired) electrons. The summed E-state index contributed by atoms with van der Waals surface area (Å²) in [6, 6.07) is 11.3. The van der Waals surface area contributed by atoms with Crippen molar-refractivity contribution in [1.82, 2.24) is 9.62 Å². The van der Waals surface area contributed by atoms with Gasteiger partial charge in [-0.1, -0.05) is 37.6 Å². The maximum Gasteiger partial charge on any atom is 0.253 e. The molecule has 0 aromatic heterocycles. The lowest BCUT2D eigenvalue weighted by molar-refractivity contribution is 0.0940. The van der Waals surface area contributed by atoms with Crippen LogP contribution in [0.15, 0.2) is 47.4 Å². The molecule has 2 rings (SSSR count). The van der Waals surface area contributed by atoms with Crippen LogP contribution in [0.4, 0.5) is 0 Å². The van der Waals surface area contributed by atoms with Crippen molar-refractivity contribution in [3.8, 4) is 5.75 Å². The normalized spacial score (nSPS) is 12.6. The van der Waals surface area contributed by atoms with E-state index in [2.05, 4.69) is 5.32 Å². The largest absolute Gasteiger partial charge is 0.494 e. The molecular weight excluding hydrogens is 412 g/mol. The topological polar surface area (TPSA) is 75.7 Å². The quantitative estimate of drug-likeness (QED) is 0.634. The number of benzene rings is 2. The van der Waals surface area contributed by atoms with Crippen LogP contribution in [-0.4, -0.2) is 38.3 Å². The van der Waals surface area contributed by atoms with Crippen LogP contribution >= 0.6 is 11.6 Å². The fraction of sp³-hybridized carbons (Fsp3) is 0.381. The summed E-state index contributed by atoms with van der Waals surface area (Å²) in [5.41, 5.74) is 1.02. The van der Waals surface area contributed by atoms with Crippen molar-refractivity contribution in [3.05, 3.63) is 58.6 Å². The Labute approximate surface area is 177 Å². The van der Waals surface area contributed by atoms with Gasteiger partial charge in [0.2, 0.25) is 10.0 Å². The molecule has 0 saturated carbocycles. The number of hydrogen-bond donors (Lipinski definition) is 1. The number of nitrogens with one attached hydrogen (secondary N) is 1. The molecule has 0 saturated heterocycles. The molecule has 1 atom stereocenters. The summed E-state index contributed by atoms with van der Waals surface area (Å²) in [5.74, 6) is 0.320. The second-order valence-electron chi connectivity index (χ2n) is 6.43. The first kappa shape index (κ1) is 23.2. The van der Waals surface area contributed by atoms with Gasteiger partial charge in [-0.3, -0.25) is 4.79 Å². The third-order valence-electron chi connectivity index (χ3n) is 4.56. The van der Waals surface area contributed by atoms with Crippen LogP contribution in [0.3, 0.4) is 0 Å². The summed E-state index contributed by atoms with van der Waals surface area (Å²) >= 11 is 6.19. The second-order valence-corrected chi connectivity index (χ2v) is 8.77. The summed E-state index contributed by atoms with van der Waals surface area (Å²) in [7, 11) is -3.68. The maximum atomic E-state index is 12.8. The molecule has 1 unspecified atom stereocenters. The lowest BCUT2D eigenvalue weighted by Gasteiger charge is -2.19. The summed E-state index contributed by atoms with van der Waals surface area (Å²) in [6.45, 7) is 8.56. The number of carbonyl (C=O) groups is 1. The van der Waals surface area contributed by atoms with Gasteiger partial charge in [0.05, 0.1) is 28.1 Å². The van der Waals surface area contributed by atoms with Crippen molar-refractivity contribution >= 4 is 27.5 Å². The van der Waals surface area contributed by atoms with Crippen LogP contribution in [0, 0.1) is 0 Å². The van der Waals surface area contributed by atoms with E-state index in [0.717, 1.165) is 11.3 Å². The average molecular weight is 439 g/mol. The molecule has 0 aliphatic rings. The Morgan fingerprint density at radius 1 is 1.10 bits per heavy atom. The fourth-order valence-electron chi connectivity index (χ4n) is 2.93. The molecule has 0 heterocycles. The number of sulfonamides is 1. The van der Waals surface area contributed by atoms with Gasteiger partial charge in [-0.25, -0.2) is 8.42 Å². The van der Waals surface area contributed by atoms with Gasteiger partial charge in [0.25, 0.3) is 5.91 Å². The highest BCUT2D eigenvalue weighted by Crippen LogP contribution is 2.24. The summed E-state index contributed by atoms with van der Waals surface area (Å²) in [5, 5.41) is 3.06. The predicted octanol–water partition coefficient (Wildman–Crippen LogP) is 4.26. The van der Waals surface area contributed by atoms with E-state index in [4.69, 9.17) is 16.3 Å². The van der Waals surface area contributed by atoms with Crippen molar-refractivity contribution in [1.29, 1.82) is 0 Å². The number of hydrogen-bond acceptors (Lipinski definition) is 4. The van der Waals surface area contributed by atoms with Gasteiger partial charge < -0.3 is 10.1 Å². The van der Waals surface area contributed by atoms with E-state index >= 15 is 0 Å². The number of nitrogens with zero attached hydrogens (tertiary/aromatic N) is 1. The number of rotatable bonds is 9. The minimum absolute atomic E-state index is 0.0458. The molecule has 0 spiro atoms. The number of halogens is 1. The Morgan fingerprint density at radius 3 is 2.28 bits per heavy atom.